The van der Waals surface area contributed by atoms with Gasteiger partial charge in [0.2, 0.25) is 0 Å². The van der Waals surface area contributed by atoms with Gasteiger partial charge in [0.05, 0.1) is 9.60 Å². The fraction of sp³-hybridized carbons (Fsp3) is 0.174. The minimum Gasteiger partial charge on any atom is -0.456 e. The van der Waals surface area contributed by atoms with Crippen LogP contribution in [0.25, 0.3) is 76.9 Å². The Bertz CT molecular complexity index is 2850. The van der Waals surface area contributed by atoms with Crippen molar-refractivity contribution in [1.29, 1.82) is 0 Å². The van der Waals surface area contributed by atoms with Crippen molar-refractivity contribution >= 4 is 43.5 Å². The van der Waals surface area contributed by atoms with Crippen LogP contribution in [0, 0.1) is 0 Å². The molecular formula is C46H38O. The van der Waals surface area contributed by atoms with Crippen LogP contribution in [0.1, 0.15) is 61.3 Å². The summed E-state index contributed by atoms with van der Waals surface area (Å²) >= 11 is 0. The highest BCUT2D eigenvalue weighted by Gasteiger charge is 2.38. The molecule has 1 aromatic heterocycles. The van der Waals surface area contributed by atoms with Crippen molar-refractivity contribution in [2.24, 2.45) is 0 Å². The number of hydrogen-bond donors (Lipinski definition) is 0. The van der Waals surface area contributed by atoms with Crippen LogP contribution in [0.2, 0.25) is 0 Å². The van der Waals surface area contributed by atoms with E-state index in [1.165, 1.54) is 11.1 Å². The van der Waals surface area contributed by atoms with Gasteiger partial charge in [0.1, 0.15) is 11.2 Å². The van der Waals surface area contributed by atoms with E-state index in [1.807, 2.05) is 42.5 Å². The van der Waals surface area contributed by atoms with Gasteiger partial charge in [-0.05, 0) is 120 Å². The normalized spacial score (nSPS) is 17.5. The number of para-hydroxylation sites is 1. The maximum absolute atomic E-state index is 9.58. The summed E-state index contributed by atoms with van der Waals surface area (Å²) in [6.45, 7) is 9.37. The van der Waals surface area contributed by atoms with Crippen LogP contribution in [0.5, 0.6) is 0 Å². The van der Waals surface area contributed by atoms with E-state index >= 15 is 0 Å². The second kappa shape index (κ2) is 10.2. The third kappa shape index (κ3) is 4.29. The van der Waals surface area contributed by atoms with E-state index in [0.717, 1.165) is 56.6 Å². The third-order valence-corrected chi connectivity index (χ3v) is 10.4. The third-order valence-electron chi connectivity index (χ3n) is 10.4. The molecule has 1 aliphatic carbocycles. The van der Waals surface area contributed by atoms with Crippen LogP contribution >= 0.6 is 0 Å². The largest absolute Gasteiger partial charge is 0.456 e. The highest BCUT2D eigenvalue weighted by atomic mass is 16.3. The Morgan fingerprint density at radius 2 is 1.04 bits per heavy atom. The number of furan rings is 1. The summed E-state index contributed by atoms with van der Waals surface area (Å²) < 4.78 is 68.0. The van der Waals surface area contributed by atoms with Crippen molar-refractivity contribution in [1.82, 2.24) is 0 Å². The molecule has 1 nitrogen and oxygen atoms in total. The molecule has 0 bridgehead atoms. The zero-order chi connectivity index (χ0) is 38.0. The molecule has 7 aromatic carbocycles. The lowest BCUT2D eigenvalue weighted by atomic mass is 9.62. The van der Waals surface area contributed by atoms with Crippen LogP contribution in [0.4, 0.5) is 0 Å². The average molecular weight is 614 g/mol. The minimum absolute atomic E-state index is 0.00511. The first-order valence-corrected chi connectivity index (χ1v) is 16.3. The lowest BCUT2D eigenvalue weighted by molar-refractivity contribution is 0.332. The monoisotopic (exact) mass is 613 g/mol. The van der Waals surface area contributed by atoms with Gasteiger partial charge in [-0.3, -0.25) is 0 Å². The molecule has 8 aromatic rings. The SMILES string of the molecule is [2H]c1c([2H])c([2H])c2c(oc3c([2H])c(-c4c5ccccc5c(-c5cc6c(cc5-c5ccccc5)C(C)(C)CCC6(C)C)c5ccccc45)c([2H])c([2H])c32)c1[2H]. The van der Waals surface area contributed by atoms with Gasteiger partial charge in [-0.15, -0.1) is 0 Å². The van der Waals surface area contributed by atoms with Crippen molar-refractivity contribution < 1.29 is 14.0 Å². The van der Waals surface area contributed by atoms with Crippen molar-refractivity contribution in [2.45, 2.75) is 51.4 Å². The molecule has 0 amide bonds. The maximum Gasteiger partial charge on any atom is 0.136 e. The van der Waals surface area contributed by atoms with Gasteiger partial charge in [-0.2, -0.15) is 0 Å². The molecule has 9 rings (SSSR count). The van der Waals surface area contributed by atoms with Crippen LogP contribution in [-0.4, -0.2) is 0 Å². The fourth-order valence-corrected chi connectivity index (χ4v) is 7.79. The fourth-order valence-electron chi connectivity index (χ4n) is 7.79. The number of fused-ring (bicyclic) bond motifs is 6. The van der Waals surface area contributed by atoms with Gasteiger partial charge in [0.15, 0.2) is 0 Å². The summed E-state index contributed by atoms with van der Waals surface area (Å²) in [6, 6.07) is 29.3. The molecule has 1 heterocycles. The molecule has 0 spiro atoms. The van der Waals surface area contributed by atoms with Gasteiger partial charge in [0.25, 0.3) is 0 Å². The molecule has 47 heavy (non-hydrogen) atoms. The molecule has 228 valence electrons. The second-order valence-electron chi connectivity index (χ2n) is 14.2. The van der Waals surface area contributed by atoms with E-state index in [4.69, 9.17) is 9.90 Å². The molecule has 0 unspecified atom stereocenters. The Morgan fingerprint density at radius 1 is 0.511 bits per heavy atom. The highest BCUT2D eigenvalue weighted by Crippen LogP contribution is 2.52. The van der Waals surface area contributed by atoms with E-state index in [0.29, 0.717) is 5.56 Å². The van der Waals surface area contributed by atoms with E-state index in [2.05, 4.69) is 76.2 Å². The first kappa shape index (κ1) is 21.6. The first-order valence-electron chi connectivity index (χ1n) is 19.8. The molecule has 0 N–H and O–H groups in total. The van der Waals surface area contributed by atoms with Crippen molar-refractivity contribution in [2.75, 3.05) is 0 Å². The molecule has 0 saturated carbocycles. The second-order valence-corrected chi connectivity index (χ2v) is 14.2. The molecule has 0 fully saturated rings. The quantitative estimate of drug-likeness (QED) is 0.181. The first-order chi connectivity index (χ1) is 25.7. The van der Waals surface area contributed by atoms with Crippen LogP contribution in [0.3, 0.4) is 0 Å². The Hall–Kier alpha value is -5.14. The van der Waals surface area contributed by atoms with Crippen molar-refractivity contribution in [3.05, 3.63) is 144 Å². The predicted octanol–water partition coefficient (Wildman–Crippen LogP) is 13.2. The van der Waals surface area contributed by atoms with Crippen LogP contribution in [-0.2, 0) is 10.8 Å². The van der Waals surface area contributed by atoms with Gasteiger partial charge >= 0.3 is 0 Å². The lowest BCUT2D eigenvalue weighted by Crippen LogP contribution is -2.34. The number of hydrogen-bond acceptors (Lipinski definition) is 1. The van der Waals surface area contributed by atoms with Crippen LogP contribution in [0.15, 0.2) is 138 Å². The van der Waals surface area contributed by atoms with Gasteiger partial charge in [0, 0.05) is 10.8 Å². The van der Waals surface area contributed by atoms with Gasteiger partial charge in [-0.25, -0.2) is 0 Å². The molecule has 0 radical (unpaired) electrons. The van der Waals surface area contributed by atoms with E-state index in [-0.39, 0.29) is 68.5 Å². The van der Waals surface area contributed by atoms with E-state index in [9.17, 15) is 4.11 Å². The van der Waals surface area contributed by atoms with E-state index < -0.39 is 12.1 Å². The standard InChI is InChI=1S/C46H38O/c1-45(2)24-25-46(3,4)40-28-38(37(27-39(40)45)29-14-6-5-7-15-29)44-35-19-10-8-17-33(35)43(34-18-9-11-20-36(34)44)30-22-23-32-31-16-12-13-21-41(31)47-42(32)26-30/h5-23,26-28H,24-25H2,1-4H3/i12D,13D,16D,21D,22D,23D,26D. The highest BCUT2D eigenvalue weighted by molar-refractivity contribution is 6.23. The van der Waals surface area contributed by atoms with Gasteiger partial charge in [-0.1, -0.05) is 131 Å². The Kier molecular flexibility index (Phi) is 4.68. The summed E-state index contributed by atoms with van der Waals surface area (Å²) in [5.41, 5.74) is 7.82. The summed E-state index contributed by atoms with van der Waals surface area (Å²) in [6.07, 6.45) is 2.17. The summed E-state index contributed by atoms with van der Waals surface area (Å²) in [7, 11) is 0. The Labute approximate surface area is 286 Å². The molecule has 1 heteroatoms. The molecular weight excluding hydrogens is 569 g/mol. The van der Waals surface area contributed by atoms with E-state index in [1.54, 1.807) is 0 Å². The van der Waals surface area contributed by atoms with Gasteiger partial charge < -0.3 is 4.42 Å². The smallest absolute Gasteiger partial charge is 0.136 e. The summed E-state index contributed by atoms with van der Waals surface area (Å²) in [4.78, 5) is 0. The van der Waals surface area contributed by atoms with Crippen LogP contribution < -0.4 is 0 Å². The Morgan fingerprint density at radius 3 is 1.68 bits per heavy atom. The molecule has 0 aliphatic heterocycles. The average Bonchev–Trinajstić information content (AvgIpc) is 3.58. The number of rotatable bonds is 3. The molecule has 1 aliphatic rings. The Balaban J connectivity index is 1.44. The van der Waals surface area contributed by atoms with Crippen molar-refractivity contribution in [3.8, 4) is 33.4 Å². The summed E-state index contributed by atoms with van der Waals surface area (Å²) in [5.74, 6) is 0. The molecule has 0 saturated heterocycles. The topological polar surface area (TPSA) is 13.1 Å². The zero-order valence-electron chi connectivity index (χ0n) is 34.0. The maximum atomic E-state index is 9.58. The lowest BCUT2D eigenvalue weighted by Gasteiger charge is -2.42. The zero-order valence-corrected chi connectivity index (χ0v) is 27.0. The van der Waals surface area contributed by atoms with Crippen molar-refractivity contribution in [3.63, 3.8) is 0 Å². The molecule has 0 atom stereocenters. The predicted molar refractivity (Wildman–Crippen MR) is 200 cm³/mol. The minimum atomic E-state index is -0.451. The summed E-state index contributed by atoms with van der Waals surface area (Å²) in [5, 5.41) is 3.61. The number of benzene rings is 7.